The van der Waals surface area contributed by atoms with Crippen molar-refractivity contribution in [3.05, 3.63) is 38.5 Å². The van der Waals surface area contributed by atoms with E-state index in [1.807, 2.05) is 17.5 Å². The van der Waals surface area contributed by atoms with Gasteiger partial charge in [-0.3, -0.25) is 4.90 Å². The number of halogens is 1. The predicted octanol–water partition coefficient (Wildman–Crippen LogP) is 3.26. The summed E-state index contributed by atoms with van der Waals surface area (Å²) in [7, 11) is 0. The maximum absolute atomic E-state index is 5.52. The number of nitrogens with one attached hydrogen (secondary N) is 2. The molecule has 1 saturated heterocycles. The van der Waals surface area contributed by atoms with Gasteiger partial charge < -0.3 is 15.4 Å². The Kier molecular flexibility index (Phi) is 9.98. The molecule has 6 nitrogen and oxygen atoms in total. The highest BCUT2D eigenvalue weighted by Gasteiger charge is 2.23. The van der Waals surface area contributed by atoms with E-state index in [9.17, 15) is 0 Å². The number of morpholine rings is 1. The summed E-state index contributed by atoms with van der Waals surface area (Å²) in [5.74, 6) is 0.843. The van der Waals surface area contributed by atoms with E-state index in [-0.39, 0.29) is 24.0 Å². The van der Waals surface area contributed by atoms with E-state index >= 15 is 0 Å². The van der Waals surface area contributed by atoms with Gasteiger partial charge in [0.25, 0.3) is 0 Å². The third-order valence-corrected chi connectivity index (χ3v) is 6.08. The lowest BCUT2D eigenvalue weighted by Gasteiger charge is -2.34. The molecule has 0 bridgehead atoms. The van der Waals surface area contributed by atoms with Crippen LogP contribution in [0, 0.1) is 6.92 Å². The zero-order chi connectivity index (χ0) is 18.2. The Morgan fingerprint density at radius 1 is 1.37 bits per heavy atom. The van der Waals surface area contributed by atoms with Crippen molar-refractivity contribution in [3.8, 4) is 0 Å². The molecule has 1 aliphatic heterocycles. The Morgan fingerprint density at radius 3 is 2.81 bits per heavy atom. The molecular weight excluding hydrogens is 493 g/mol. The summed E-state index contributed by atoms with van der Waals surface area (Å²) >= 11 is 3.51. The number of thiazole rings is 1. The number of thiophene rings is 1. The third-order valence-electron chi connectivity index (χ3n) is 4.21. The Hall–Kier alpha value is -0.750. The van der Waals surface area contributed by atoms with Gasteiger partial charge in [-0.05, 0) is 25.3 Å². The summed E-state index contributed by atoms with van der Waals surface area (Å²) in [5, 5.41) is 10.1. The molecule has 0 radical (unpaired) electrons. The van der Waals surface area contributed by atoms with Gasteiger partial charge in [0, 0.05) is 42.1 Å². The van der Waals surface area contributed by atoms with Crippen LogP contribution in [0.15, 0.2) is 28.7 Å². The molecule has 2 aromatic rings. The first-order valence-corrected chi connectivity index (χ1v) is 10.7. The van der Waals surface area contributed by atoms with E-state index in [0.717, 1.165) is 50.4 Å². The first kappa shape index (κ1) is 22.5. The molecule has 0 aliphatic carbocycles. The lowest BCUT2D eigenvalue weighted by Crippen LogP contribution is -2.46. The molecule has 1 aliphatic rings. The first-order valence-electron chi connectivity index (χ1n) is 9.05. The van der Waals surface area contributed by atoms with Crippen LogP contribution in [-0.4, -0.2) is 55.2 Å². The largest absolute Gasteiger partial charge is 0.379 e. The first-order chi connectivity index (χ1) is 12.8. The second-order valence-corrected chi connectivity index (χ2v) is 8.42. The minimum absolute atomic E-state index is 0. The van der Waals surface area contributed by atoms with Crippen LogP contribution in [0.2, 0.25) is 0 Å². The van der Waals surface area contributed by atoms with Gasteiger partial charge in [-0.1, -0.05) is 6.07 Å². The number of hydrogen-bond donors (Lipinski definition) is 2. The smallest absolute Gasteiger partial charge is 0.191 e. The fraction of sp³-hybridized carbons (Fsp3) is 0.556. The normalized spacial score (nSPS) is 16.6. The molecule has 2 N–H and O–H groups in total. The highest BCUT2D eigenvalue weighted by Crippen LogP contribution is 2.25. The zero-order valence-corrected chi connectivity index (χ0v) is 19.8. The molecular formula is C18H28IN5OS2. The van der Waals surface area contributed by atoms with Crippen LogP contribution in [0.1, 0.15) is 27.7 Å². The number of hydrogen-bond acceptors (Lipinski definition) is 6. The molecule has 0 amide bonds. The second-order valence-electron chi connectivity index (χ2n) is 6.12. The van der Waals surface area contributed by atoms with Gasteiger partial charge in [0.1, 0.15) is 5.01 Å². The maximum Gasteiger partial charge on any atom is 0.191 e. The monoisotopic (exact) mass is 521 g/mol. The number of nitrogens with zero attached hydrogens (tertiary/aromatic N) is 3. The number of ether oxygens (including phenoxy) is 1. The van der Waals surface area contributed by atoms with Gasteiger partial charge in [0.05, 0.1) is 25.8 Å². The van der Waals surface area contributed by atoms with Crippen molar-refractivity contribution in [2.45, 2.75) is 26.4 Å². The summed E-state index contributed by atoms with van der Waals surface area (Å²) < 4.78 is 5.52. The minimum atomic E-state index is 0. The van der Waals surface area contributed by atoms with Gasteiger partial charge >= 0.3 is 0 Å². The Balaban J connectivity index is 0.00000261. The van der Waals surface area contributed by atoms with E-state index in [1.54, 1.807) is 11.3 Å². The van der Waals surface area contributed by atoms with Gasteiger partial charge in [-0.25, -0.2) is 9.98 Å². The standard InChI is InChI=1S/C18H27N5OS2.HI/c1-3-19-18(22-13-17-20-11-14(2)26-17)21-12-15(16-5-4-10-25-16)23-6-8-24-9-7-23;/h4-5,10-11,15H,3,6-9,12-13H2,1-2H3,(H2,19,21,22);1H. The fourth-order valence-corrected chi connectivity index (χ4v) is 4.51. The Bertz CT molecular complexity index is 686. The quantitative estimate of drug-likeness (QED) is 0.333. The van der Waals surface area contributed by atoms with Gasteiger partial charge in [0.2, 0.25) is 0 Å². The molecule has 3 heterocycles. The molecule has 150 valence electrons. The molecule has 1 unspecified atom stereocenters. The molecule has 0 aromatic carbocycles. The van der Waals surface area contributed by atoms with Crippen molar-refractivity contribution in [2.75, 3.05) is 39.4 Å². The molecule has 9 heteroatoms. The minimum Gasteiger partial charge on any atom is -0.379 e. The van der Waals surface area contributed by atoms with Crippen molar-refractivity contribution in [1.82, 2.24) is 20.5 Å². The van der Waals surface area contributed by atoms with Crippen molar-refractivity contribution in [3.63, 3.8) is 0 Å². The van der Waals surface area contributed by atoms with Crippen LogP contribution < -0.4 is 10.6 Å². The molecule has 0 saturated carbocycles. The highest BCUT2D eigenvalue weighted by molar-refractivity contribution is 14.0. The summed E-state index contributed by atoms with van der Waals surface area (Å²) in [6, 6.07) is 4.68. The maximum atomic E-state index is 5.52. The highest BCUT2D eigenvalue weighted by atomic mass is 127. The van der Waals surface area contributed by atoms with E-state index in [1.165, 1.54) is 9.75 Å². The molecule has 1 fully saturated rings. The SMILES string of the molecule is CCNC(=NCc1ncc(C)s1)NCC(c1cccs1)N1CCOCC1.I. The van der Waals surface area contributed by atoms with Crippen molar-refractivity contribution in [2.24, 2.45) is 4.99 Å². The van der Waals surface area contributed by atoms with Gasteiger partial charge in [-0.15, -0.1) is 46.7 Å². The zero-order valence-electron chi connectivity index (χ0n) is 15.8. The lowest BCUT2D eigenvalue weighted by molar-refractivity contribution is 0.0177. The molecule has 27 heavy (non-hydrogen) atoms. The Labute approximate surface area is 186 Å². The number of guanidine groups is 1. The van der Waals surface area contributed by atoms with Gasteiger partial charge in [-0.2, -0.15) is 0 Å². The van der Waals surface area contributed by atoms with E-state index < -0.39 is 0 Å². The number of aromatic nitrogens is 1. The van der Waals surface area contributed by atoms with Crippen LogP contribution in [0.4, 0.5) is 0 Å². The number of rotatable bonds is 7. The molecule has 2 aromatic heterocycles. The van der Waals surface area contributed by atoms with Gasteiger partial charge in [0.15, 0.2) is 5.96 Å². The van der Waals surface area contributed by atoms with Crippen LogP contribution in [0.3, 0.4) is 0 Å². The van der Waals surface area contributed by atoms with E-state index in [4.69, 9.17) is 9.73 Å². The van der Waals surface area contributed by atoms with Crippen LogP contribution >= 0.6 is 46.7 Å². The molecule has 3 rings (SSSR count). The summed E-state index contributed by atoms with van der Waals surface area (Å²) in [5.41, 5.74) is 0. The summed E-state index contributed by atoms with van der Waals surface area (Å²) in [6.07, 6.45) is 1.90. The molecule has 1 atom stereocenters. The van der Waals surface area contributed by atoms with E-state index in [0.29, 0.717) is 12.6 Å². The van der Waals surface area contributed by atoms with Crippen LogP contribution in [0.5, 0.6) is 0 Å². The van der Waals surface area contributed by atoms with E-state index in [2.05, 4.69) is 51.9 Å². The topological polar surface area (TPSA) is 61.8 Å². The molecule has 0 spiro atoms. The average molecular weight is 521 g/mol. The van der Waals surface area contributed by atoms with Crippen LogP contribution in [0.25, 0.3) is 0 Å². The number of aryl methyl sites for hydroxylation is 1. The number of aliphatic imine (C=N–C) groups is 1. The third kappa shape index (κ3) is 6.97. The Morgan fingerprint density at radius 2 is 2.19 bits per heavy atom. The van der Waals surface area contributed by atoms with Crippen molar-refractivity contribution >= 4 is 52.6 Å². The predicted molar refractivity (Wildman–Crippen MR) is 125 cm³/mol. The second kappa shape index (κ2) is 11.9. The summed E-state index contributed by atoms with van der Waals surface area (Å²) in [6.45, 7) is 9.97. The fourth-order valence-electron chi connectivity index (χ4n) is 2.94. The lowest BCUT2D eigenvalue weighted by atomic mass is 10.2. The van der Waals surface area contributed by atoms with Crippen molar-refractivity contribution in [1.29, 1.82) is 0 Å². The van der Waals surface area contributed by atoms with Crippen LogP contribution in [-0.2, 0) is 11.3 Å². The van der Waals surface area contributed by atoms with Crippen molar-refractivity contribution < 1.29 is 4.74 Å². The summed E-state index contributed by atoms with van der Waals surface area (Å²) in [4.78, 5) is 14.2. The average Bonchev–Trinajstić information content (AvgIpc) is 3.33.